The van der Waals surface area contributed by atoms with E-state index in [1.165, 1.54) is 12.1 Å². The van der Waals surface area contributed by atoms with E-state index in [1.807, 2.05) is 6.92 Å². The Morgan fingerprint density at radius 1 is 1.35 bits per heavy atom. The molecule has 1 aromatic carbocycles. The maximum Gasteiger partial charge on any atom is 0.416 e. The molecule has 0 unspecified atom stereocenters. The van der Waals surface area contributed by atoms with E-state index < -0.39 is 11.7 Å². The van der Waals surface area contributed by atoms with E-state index in [2.05, 4.69) is 0 Å². The van der Waals surface area contributed by atoms with Gasteiger partial charge < -0.3 is 10.6 Å². The fourth-order valence-electron chi connectivity index (χ4n) is 3.05. The molecular formula is C17H23F3N2O. The highest BCUT2D eigenvalue weighted by atomic mass is 19.4. The van der Waals surface area contributed by atoms with Crippen LogP contribution in [0.4, 0.5) is 13.2 Å². The third-order valence-corrected chi connectivity index (χ3v) is 4.46. The van der Waals surface area contributed by atoms with Crippen LogP contribution in [0.15, 0.2) is 18.2 Å². The lowest BCUT2D eigenvalue weighted by molar-refractivity contribution is -0.137. The number of halogens is 3. The minimum atomic E-state index is -4.35. The van der Waals surface area contributed by atoms with Crippen molar-refractivity contribution in [2.24, 2.45) is 11.7 Å². The molecular weight excluding hydrogens is 305 g/mol. The van der Waals surface area contributed by atoms with Crippen molar-refractivity contribution in [3.05, 3.63) is 34.9 Å². The number of nitrogens with two attached hydrogens (primary N) is 1. The summed E-state index contributed by atoms with van der Waals surface area (Å²) in [5.74, 6) is -0.0603. The Morgan fingerprint density at radius 2 is 2.09 bits per heavy atom. The molecule has 1 amide bonds. The van der Waals surface area contributed by atoms with Gasteiger partial charge in [0.05, 0.1) is 5.56 Å². The molecule has 1 aromatic rings. The highest BCUT2D eigenvalue weighted by Crippen LogP contribution is 2.32. The van der Waals surface area contributed by atoms with Gasteiger partial charge in [-0.25, -0.2) is 0 Å². The van der Waals surface area contributed by atoms with Gasteiger partial charge in [0.2, 0.25) is 5.91 Å². The van der Waals surface area contributed by atoms with Crippen LogP contribution in [-0.4, -0.2) is 23.9 Å². The number of carbonyl (C=O) groups excluding carboxylic acids is 1. The number of alkyl halides is 3. The Bertz CT molecular complexity index is 557. The van der Waals surface area contributed by atoms with Gasteiger partial charge in [-0.3, -0.25) is 4.79 Å². The van der Waals surface area contributed by atoms with Gasteiger partial charge in [-0.2, -0.15) is 13.2 Å². The molecule has 0 aromatic heterocycles. The Morgan fingerprint density at radius 3 is 2.70 bits per heavy atom. The summed E-state index contributed by atoms with van der Waals surface area (Å²) in [6.07, 6.45) is -1.50. The quantitative estimate of drug-likeness (QED) is 0.901. The molecule has 6 heteroatoms. The molecule has 1 atom stereocenters. The summed E-state index contributed by atoms with van der Waals surface area (Å²) in [6.45, 7) is 3.33. The number of hydrogen-bond acceptors (Lipinski definition) is 2. The van der Waals surface area contributed by atoms with E-state index in [0.717, 1.165) is 30.9 Å². The predicted molar refractivity (Wildman–Crippen MR) is 82.6 cm³/mol. The summed E-state index contributed by atoms with van der Waals surface area (Å²) in [7, 11) is 0. The lowest BCUT2D eigenvalue weighted by Crippen LogP contribution is -2.40. The molecule has 0 radical (unpaired) electrons. The van der Waals surface area contributed by atoms with Gasteiger partial charge in [0, 0.05) is 19.0 Å². The van der Waals surface area contributed by atoms with Crippen molar-refractivity contribution >= 4 is 5.91 Å². The van der Waals surface area contributed by atoms with E-state index in [9.17, 15) is 18.0 Å². The normalized spacial score (nSPS) is 16.1. The summed E-state index contributed by atoms with van der Waals surface area (Å²) < 4.78 is 38.5. The van der Waals surface area contributed by atoms with Crippen molar-refractivity contribution in [1.29, 1.82) is 0 Å². The lowest BCUT2D eigenvalue weighted by atomic mass is 9.94. The predicted octanol–water partition coefficient (Wildman–Crippen LogP) is 3.36. The maximum atomic E-state index is 12.8. The molecule has 1 aliphatic heterocycles. The van der Waals surface area contributed by atoms with Crippen LogP contribution < -0.4 is 5.73 Å². The highest BCUT2D eigenvalue weighted by molar-refractivity contribution is 5.79. The summed E-state index contributed by atoms with van der Waals surface area (Å²) in [4.78, 5) is 14.3. The first kappa shape index (κ1) is 17.8. The van der Waals surface area contributed by atoms with Gasteiger partial charge in [0.1, 0.15) is 0 Å². The number of rotatable bonds is 5. The molecule has 0 fully saturated rings. The summed E-state index contributed by atoms with van der Waals surface area (Å²) in [6, 6.07) is 3.83. The molecule has 1 heterocycles. The first-order valence-electron chi connectivity index (χ1n) is 8.04. The molecule has 128 valence electrons. The van der Waals surface area contributed by atoms with Crippen molar-refractivity contribution in [2.45, 2.75) is 45.3 Å². The monoisotopic (exact) mass is 328 g/mol. The average Bonchev–Trinajstić information content (AvgIpc) is 2.53. The van der Waals surface area contributed by atoms with E-state index in [0.29, 0.717) is 25.1 Å². The van der Waals surface area contributed by atoms with Gasteiger partial charge in [0.15, 0.2) is 0 Å². The van der Waals surface area contributed by atoms with Crippen molar-refractivity contribution in [3.63, 3.8) is 0 Å². The highest BCUT2D eigenvalue weighted by Gasteiger charge is 2.32. The van der Waals surface area contributed by atoms with Gasteiger partial charge in [-0.1, -0.05) is 13.0 Å². The standard InChI is InChI=1S/C17H23F3N2O/c1-2-12(4-3-8-21)16(23)22-9-7-13-5-6-15(17(18,19)20)10-14(13)11-22/h5-6,10,12H,2-4,7-9,11,21H2,1H3/t12-/m1/s1. The zero-order chi connectivity index (χ0) is 17.0. The molecule has 0 spiro atoms. The smallest absolute Gasteiger partial charge is 0.338 e. The molecule has 3 nitrogen and oxygen atoms in total. The van der Waals surface area contributed by atoms with Crippen LogP contribution in [0.25, 0.3) is 0 Å². The number of hydrogen-bond donors (Lipinski definition) is 1. The van der Waals surface area contributed by atoms with Gasteiger partial charge in [0.25, 0.3) is 0 Å². The van der Waals surface area contributed by atoms with E-state index in [1.54, 1.807) is 4.90 Å². The van der Waals surface area contributed by atoms with Crippen molar-refractivity contribution in [3.8, 4) is 0 Å². The minimum Gasteiger partial charge on any atom is -0.338 e. The summed E-state index contributed by atoms with van der Waals surface area (Å²) >= 11 is 0. The Hall–Kier alpha value is -1.56. The number of nitrogens with zero attached hydrogens (tertiary/aromatic N) is 1. The molecule has 2 rings (SSSR count). The van der Waals surface area contributed by atoms with Crippen LogP contribution in [0.3, 0.4) is 0 Å². The average molecular weight is 328 g/mol. The van der Waals surface area contributed by atoms with Crippen LogP contribution >= 0.6 is 0 Å². The second kappa shape index (κ2) is 7.34. The minimum absolute atomic E-state index is 0.0315. The van der Waals surface area contributed by atoms with E-state index >= 15 is 0 Å². The van der Waals surface area contributed by atoms with Crippen LogP contribution in [-0.2, 0) is 23.9 Å². The van der Waals surface area contributed by atoms with Crippen molar-refractivity contribution < 1.29 is 18.0 Å². The SMILES string of the molecule is CC[C@H](CCCN)C(=O)N1CCc2ccc(C(F)(F)F)cc2C1. The van der Waals surface area contributed by atoms with E-state index in [4.69, 9.17) is 5.73 Å². The molecule has 1 aliphatic rings. The van der Waals surface area contributed by atoms with Gasteiger partial charge in [-0.15, -0.1) is 0 Å². The Balaban J connectivity index is 2.13. The Labute approximate surface area is 134 Å². The van der Waals surface area contributed by atoms with E-state index in [-0.39, 0.29) is 18.4 Å². The van der Waals surface area contributed by atoms with Crippen LogP contribution in [0, 0.1) is 5.92 Å². The lowest BCUT2D eigenvalue weighted by Gasteiger charge is -2.32. The third kappa shape index (κ3) is 4.25. The number of amides is 1. The first-order valence-corrected chi connectivity index (χ1v) is 8.04. The largest absolute Gasteiger partial charge is 0.416 e. The molecule has 23 heavy (non-hydrogen) atoms. The molecule has 0 bridgehead atoms. The summed E-state index contributed by atoms with van der Waals surface area (Å²) in [5, 5.41) is 0. The van der Waals surface area contributed by atoms with Gasteiger partial charge >= 0.3 is 6.18 Å². The zero-order valence-corrected chi connectivity index (χ0v) is 13.3. The maximum absolute atomic E-state index is 12.8. The molecule has 2 N–H and O–H groups in total. The fraction of sp³-hybridized carbons (Fsp3) is 0.588. The van der Waals surface area contributed by atoms with Crippen molar-refractivity contribution in [2.75, 3.05) is 13.1 Å². The second-order valence-electron chi connectivity index (χ2n) is 6.03. The zero-order valence-electron chi connectivity index (χ0n) is 13.3. The Kier molecular flexibility index (Phi) is 5.68. The van der Waals surface area contributed by atoms with Gasteiger partial charge in [-0.05, 0) is 55.5 Å². The third-order valence-electron chi connectivity index (χ3n) is 4.46. The molecule has 0 saturated carbocycles. The number of benzene rings is 1. The number of carbonyl (C=O) groups is 1. The van der Waals surface area contributed by atoms with Crippen LogP contribution in [0.2, 0.25) is 0 Å². The fourth-order valence-corrected chi connectivity index (χ4v) is 3.05. The molecule has 0 aliphatic carbocycles. The second-order valence-corrected chi connectivity index (χ2v) is 6.03. The van der Waals surface area contributed by atoms with Crippen LogP contribution in [0.1, 0.15) is 42.9 Å². The summed E-state index contributed by atoms with van der Waals surface area (Å²) in [5.41, 5.74) is 6.35. The number of fused-ring (bicyclic) bond motifs is 1. The first-order chi connectivity index (χ1) is 10.9. The molecule has 0 saturated heterocycles. The van der Waals surface area contributed by atoms with Crippen LogP contribution in [0.5, 0.6) is 0 Å². The topological polar surface area (TPSA) is 46.3 Å². The van der Waals surface area contributed by atoms with Crippen molar-refractivity contribution in [1.82, 2.24) is 4.90 Å².